The average molecular weight is 381 g/mol. The van der Waals surface area contributed by atoms with E-state index in [1.165, 1.54) is 0 Å². The van der Waals surface area contributed by atoms with E-state index in [4.69, 9.17) is 10.3 Å². The second kappa shape index (κ2) is 6.52. The van der Waals surface area contributed by atoms with Crippen molar-refractivity contribution in [2.45, 2.75) is 12.6 Å². The number of nitrogens with zero attached hydrogens (tertiary/aromatic N) is 6. The second-order valence-electron chi connectivity index (χ2n) is 6.15. The molecule has 0 saturated carbocycles. The fraction of sp³-hybridized carbons (Fsp3) is 0.250. The Hall–Kier alpha value is -3.18. The van der Waals surface area contributed by atoms with Gasteiger partial charge in [0.25, 0.3) is 0 Å². The quantitative estimate of drug-likeness (QED) is 0.440. The fourth-order valence-corrected chi connectivity index (χ4v) is 3.75. The molecule has 0 aliphatic carbocycles. The Labute approximate surface area is 157 Å². The molecule has 0 unspecified atom stereocenters. The maximum Gasteiger partial charge on any atom is 0.216 e. The lowest BCUT2D eigenvalue weighted by atomic mass is 10.2. The van der Waals surface area contributed by atoms with Gasteiger partial charge in [-0.15, -0.1) is 16.5 Å². The number of aromatic amines is 1. The number of fused-ring (bicyclic) bond motifs is 1. The lowest BCUT2D eigenvalue weighted by Crippen LogP contribution is -2.30. The van der Waals surface area contributed by atoms with E-state index in [1.54, 1.807) is 29.9 Å². The van der Waals surface area contributed by atoms with Crippen LogP contribution in [0, 0.1) is 5.53 Å². The van der Waals surface area contributed by atoms with Crippen molar-refractivity contribution in [3.63, 3.8) is 0 Å². The van der Waals surface area contributed by atoms with Gasteiger partial charge in [-0.25, -0.2) is 15.5 Å². The van der Waals surface area contributed by atoms with Gasteiger partial charge in [0.2, 0.25) is 5.82 Å². The molecular weight excluding hydrogens is 366 g/mol. The zero-order valence-electron chi connectivity index (χ0n) is 14.1. The molecule has 0 radical (unpaired) electrons. The molecule has 1 aliphatic heterocycles. The number of aromatic nitrogens is 6. The lowest BCUT2D eigenvalue weighted by molar-refractivity contribution is -0.0286. The topological polar surface area (TPSA) is 130 Å². The van der Waals surface area contributed by atoms with Crippen molar-refractivity contribution in [1.82, 2.24) is 29.9 Å². The van der Waals surface area contributed by atoms with E-state index in [9.17, 15) is 0 Å². The van der Waals surface area contributed by atoms with Gasteiger partial charge in [0.1, 0.15) is 0 Å². The highest BCUT2D eigenvalue weighted by Crippen LogP contribution is 2.28. The standard InChI is InChI=1S/C16H15N9OS/c17-23-16-15(18-3-11-1-12-14(27-11)5-20-24-12)22-13(4-19-16)9-2-21-25(6-9)10-7-26-8-10/h1-2,4-6,10,17H,3,7-8H2,(H,18,22)(H,20,24). The van der Waals surface area contributed by atoms with Crippen molar-refractivity contribution in [3.8, 4) is 11.3 Å². The van der Waals surface area contributed by atoms with Crippen LogP contribution in [-0.2, 0) is 11.3 Å². The van der Waals surface area contributed by atoms with Gasteiger partial charge >= 0.3 is 0 Å². The van der Waals surface area contributed by atoms with Gasteiger partial charge in [-0.05, 0) is 6.07 Å². The Morgan fingerprint density at radius 1 is 1.37 bits per heavy atom. The van der Waals surface area contributed by atoms with Crippen LogP contribution in [0.2, 0.25) is 0 Å². The predicted octanol–water partition coefficient (Wildman–Crippen LogP) is 3.12. The normalized spacial score (nSPS) is 14.4. The largest absolute Gasteiger partial charge is 0.377 e. The zero-order chi connectivity index (χ0) is 18.2. The van der Waals surface area contributed by atoms with E-state index < -0.39 is 0 Å². The summed E-state index contributed by atoms with van der Waals surface area (Å²) in [5.41, 5.74) is 9.89. The summed E-state index contributed by atoms with van der Waals surface area (Å²) in [4.78, 5) is 9.98. The summed E-state index contributed by atoms with van der Waals surface area (Å²) in [7, 11) is 0. The van der Waals surface area contributed by atoms with Gasteiger partial charge in [-0.3, -0.25) is 9.78 Å². The first kappa shape index (κ1) is 16.0. The molecule has 0 atom stereocenters. The van der Waals surface area contributed by atoms with Crippen LogP contribution in [0.25, 0.3) is 21.5 Å². The molecule has 5 rings (SSSR count). The molecule has 0 spiro atoms. The summed E-state index contributed by atoms with van der Waals surface area (Å²) in [6.45, 7) is 1.92. The summed E-state index contributed by atoms with van der Waals surface area (Å²) in [6, 6.07) is 2.32. The Morgan fingerprint density at radius 3 is 3.07 bits per heavy atom. The molecule has 4 aromatic rings. The first-order valence-corrected chi connectivity index (χ1v) is 9.14. The van der Waals surface area contributed by atoms with Crippen LogP contribution in [0.15, 0.2) is 36.0 Å². The first-order valence-electron chi connectivity index (χ1n) is 8.32. The van der Waals surface area contributed by atoms with Crippen LogP contribution in [0.4, 0.5) is 11.6 Å². The predicted molar refractivity (Wildman–Crippen MR) is 99.2 cm³/mol. The molecule has 11 heteroatoms. The number of ether oxygens (including phenoxy) is 1. The maximum absolute atomic E-state index is 7.34. The van der Waals surface area contributed by atoms with Crippen LogP contribution in [0.1, 0.15) is 10.9 Å². The van der Waals surface area contributed by atoms with Crippen LogP contribution < -0.4 is 5.32 Å². The van der Waals surface area contributed by atoms with Crippen LogP contribution in [0.5, 0.6) is 0 Å². The van der Waals surface area contributed by atoms with Crippen molar-refractivity contribution in [2.24, 2.45) is 5.11 Å². The molecule has 27 heavy (non-hydrogen) atoms. The number of hydrogen-bond donors (Lipinski definition) is 3. The first-order chi connectivity index (χ1) is 13.3. The van der Waals surface area contributed by atoms with E-state index in [2.05, 4.69) is 35.7 Å². The van der Waals surface area contributed by atoms with Gasteiger partial charge in [-0.2, -0.15) is 10.2 Å². The summed E-state index contributed by atoms with van der Waals surface area (Å²) < 4.78 is 8.19. The Balaban J connectivity index is 1.38. The zero-order valence-corrected chi connectivity index (χ0v) is 14.9. The Bertz CT molecular complexity index is 1080. The van der Waals surface area contributed by atoms with Crippen molar-refractivity contribution < 1.29 is 4.74 Å². The molecule has 10 nitrogen and oxygen atoms in total. The van der Waals surface area contributed by atoms with E-state index in [0.29, 0.717) is 31.3 Å². The third-order valence-corrected chi connectivity index (χ3v) is 5.43. The van der Waals surface area contributed by atoms with Crippen LogP contribution >= 0.6 is 11.3 Å². The minimum Gasteiger partial charge on any atom is -0.377 e. The van der Waals surface area contributed by atoms with Crippen molar-refractivity contribution >= 4 is 33.2 Å². The summed E-state index contributed by atoms with van der Waals surface area (Å²) in [5, 5.41) is 18.0. The molecule has 1 fully saturated rings. The molecule has 5 heterocycles. The highest BCUT2D eigenvalue weighted by molar-refractivity contribution is 7.19. The van der Waals surface area contributed by atoms with Crippen molar-refractivity contribution in [1.29, 1.82) is 5.53 Å². The lowest BCUT2D eigenvalue weighted by Gasteiger charge is -2.25. The molecule has 136 valence electrons. The highest BCUT2D eigenvalue weighted by Gasteiger charge is 2.21. The minimum atomic E-state index is 0.252. The van der Waals surface area contributed by atoms with E-state index in [0.717, 1.165) is 20.7 Å². The van der Waals surface area contributed by atoms with E-state index in [-0.39, 0.29) is 11.9 Å². The summed E-state index contributed by atoms with van der Waals surface area (Å²) >= 11 is 1.65. The number of H-pyrrole nitrogens is 1. The van der Waals surface area contributed by atoms with Gasteiger partial charge in [0.05, 0.1) is 60.3 Å². The third-order valence-electron chi connectivity index (χ3n) is 4.36. The minimum absolute atomic E-state index is 0.252. The molecule has 0 amide bonds. The number of rotatable bonds is 6. The molecule has 0 aromatic carbocycles. The number of anilines is 1. The summed E-state index contributed by atoms with van der Waals surface area (Å²) in [5.74, 6) is 0.722. The monoisotopic (exact) mass is 381 g/mol. The Kier molecular flexibility index (Phi) is 3.87. The number of hydrogen-bond acceptors (Lipinski definition) is 9. The van der Waals surface area contributed by atoms with Gasteiger partial charge in [-0.1, -0.05) is 0 Å². The Morgan fingerprint density at radius 2 is 2.30 bits per heavy atom. The summed E-state index contributed by atoms with van der Waals surface area (Å²) in [6.07, 6.45) is 7.11. The molecule has 0 bridgehead atoms. The average Bonchev–Trinajstić information content (AvgIpc) is 3.34. The van der Waals surface area contributed by atoms with Gasteiger partial charge < -0.3 is 10.1 Å². The molecule has 3 N–H and O–H groups in total. The smallest absolute Gasteiger partial charge is 0.216 e. The van der Waals surface area contributed by atoms with Crippen LogP contribution in [0.3, 0.4) is 0 Å². The molecule has 1 aliphatic rings. The SMILES string of the molecule is N=Nc1ncc(-c2cnn(C3COC3)c2)nc1NCc1cc2[nH]ncc2s1. The number of nitrogens with one attached hydrogen (secondary N) is 3. The number of thiophene rings is 1. The molecule has 1 saturated heterocycles. The van der Waals surface area contributed by atoms with E-state index in [1.807, 2.05) is 16.9 Å². The second-order valence-corrected chi connectivity index (χ2v) is 7.32. The van der Waals surface area contributed by atoms with Crippen molar-refractivity contribution in [3.05, 3.63) is 35.7 Å². The van der Waals surface area contributed by atoms with Crippen molar-refractivity contribution in [2.75, 3.05) is 18.5 Å². The third kappa shape index (κ3) is 2.96. The maximum atomic E-state index is 7.34. The van der Waals surface area contributed by atoms with Crippen LogP contribution in [-0.4, -0.2) is 43.2 Å². The van der Waals surface area contributed by atoms with Gasteiger partial charge in [0.15, 0.2) is 5.82 Å². The molecule has 4 aromatic heterocycles. The fourth-order valence-electron chi connectivity index (χ4n) is 2.83. The molecular formula is C16H15N9OS. The van der Waals surface area contributed by atoms with Gasteiger partial charge in [0, 0.05) is 16.6 Å². The highest BCUT2D eigenvalue weighted by atomic mass is 32.1. The van der Waals surface area contributed by atoms with E-state index >= 15 is 0 Å².